The Labute approximate surface area is 172 Å². The van der Waals surface area contributed by atoms with Crippen molar-refractivity contribution in [3.8, 4) is 5.75 Å². The van der Waals surface area contributed by atoms with Crippen molar-refractivity contribution in [3.63, 3.8) is 0 Å². The third kappa shape index (κ3) is 5.88. The summed E-state index contributed by atoms with van der Waals surface area (Å²) in [5.41, 5.74) is 1.05. The molecule has 10 nitrogen and oxygen atoms in total. The second-order valence-corrected chi connectivity index (χ2v) is 6.95. The van der Waals surface area contributed by atoms with Crippen LogP contribution in [0.1, 0.15) is 25.5 Å². The van der Waals surface area contributed by atoms with Crippen LogP contribution in [0.4, 0.5) is 0 Å². The smallest absolute Gasteiger partial charge is 0.335 e. The van der Waals surface area contributed by atoms with Crippen LogP contribution >= 0.6 is 0 Å². The predicted molar refractivity (Wildman–Crippen MR) is 107 cm³/mol. The van der Waals surface area contributed by atoms with Crippen LogP contribution in [0.15, 0.2) is 36.4 Å². The van der Waals surface area contributed by atoms with E-state index < -0.39 is 30.3 Å². The molecule has 2 aromatic carbocycles. The van der Waals surface area contributed by atoms with E-state index in [2.05, 4.69) is 43.4 Å². The number of hydrogen-bond donors (Lipinski definition) is 6. The average Bonchev–Trinajstić information content (AvgIpc) is 2.68. The van der Waals surface area contributed by atoms with E-state index in [0.717, 1.165) is 16.7 Å². The Balaban J connectivity index is 0.000000354. The van der Waals surface area contributed by atoms with Gasteiger partial charge >= 0.3 is 11.9 Å². The van der Waals surface area contributed by atoms with Crippen molar-refractivity contribution in [2.75, 3.05) is 6.61 Å². The van der Waals surface area contributed by atoms with Gasteiger partial charge in [-0.1, -0.05) is 50.2 Å². The van der Waals surface area contributed by atoms with E-state index in [4.69, 9.17) is 25.2 Å². The van der Waals surface area contributed by atoms with Crippen LogP contribution in [-0.4, -0.2) is 73.9 Å². The SMILES string of the molecule is CC(C)N[C@H]1c2ccc3ccccc3c2OC[C@@H]1O.O.O=C(O)C(O)C(O)C(=O)O. The molecule has 166 valence electrons. The van der Waals surface area contributed by atoms with E-state index in [0.29, 0.717) is 12.6 Å². The number of benzene rings is 2. The van der Waals surface area contributed by atoms with Gasteiger partial charge in [0.2, 0.25) is 0 Å². The first-order valence-electron chi connectivity index (χ1n) is 9.03. The van der Waals surface area contributed by atoms with Gasteiger partial charge in [-0.05, 0) is 5.39 Å². The Hall–Kier alpha value is -2.76. The van der Waals surface area contributed by atoms with E-state index in [1.54, 1.807) is 0 Å². The molecule has 0 aromatic heterocycles. The van der Waals surface area contributed by atoms with Crippen molar-refractivity contribution >= 4 is 22.7 Å². The number of carbonyl (C=O) groups is 2. The first-order valence-corrected chi connectivity index (χ1v) is 9.03. The van der Waals surface area contributed by atoms with Gasteiger partial charge in [0.05, 0.1) is 6.04 Å². The summed E-state index contributed by atoms with van der Waals surface area (Å²) in [4.78, 5) is 19.5. The third-order valence-corrected chi connectivity index (χ3v) is 4.35. The maximum absolute atomic E-state index is 10.1. The largest absolute Gasteiger partial charge is 0.490 e. The van der Waals surface area contributed by atoms with Gasteiger partial charge in [0, 0.05) is 17.0 Å². The van der Waals surface area contributed by atoms with E-state index in [1.807, 2.05) is 12.1 Å². The molecule has 1 heterocycles. The fraction of sp³-hybridized carbons (Fsp3) is 0.400. The van der Waals surface area contributed by atoms with Crippen LogP contribution in [0, 0.1) is 0 Å². The lowest BCUT2D eigenvalue weighted by atomic mass is 9.94. The summed E-state index contributed by atoms with van der Waals surface area (Å²) in [6.07, 6.45) is -5.04. The highest BCUT2D eigenvalue weighted by Gasteiger charge is 2.31. The van der Waals surface area contributed by atoms with Gasteiger partial charge in [-0.25, -0.2) is 9.59 Å². The molecule has 0 spiro atoms. The molecular formula is C20H27NO9. The van der Waals surface area contributed by atoms with Crippen molar-refractivity contribution in [3.05, 3.63) is 42.0 Å². The van der Waals surface area contributed by atoms with E-state index in [-0.39, 0.29) is 11.5 Å². The normalized spacial score (nSPS) is 19.4. The van der Waals surface area contributed by atoms with Gasteiger partial charge < -0.3 is 41.1 Å². The quantitative estimate of drug-likeness (QED) is 0.373. The van der Waals surface area contributed by atoms with Crippen molar-refractivity contribution in [2.24, 2.45) is 0 Å². The van der Waals surface area contributed by atoms with Crippen LogP contribution in [0.5, 0.6) is 5.75 Å². The molecule has 1 aliphatic heterocycles. The molecule has 0 fully saturated rings. The van der Waals surface area contributed by atoms with Gasteiger partial charge in [-0.15, -0.1) is 0 Å². The minimum atomic E-state index is -2.27. The molecule has 0 aliphatic carbocycles. The summed E-state index contributed by atoms with van der Waals surface area (Å²) in [5, 5.41) is 48.4. The molecule has 10 heteroatoms. The maximum atomic E-state index is 10.1. The third-order valence-electron chi connectivity index (χ3n) is 4.35. The lowest BCUT2D eigenvalue weighted by Gasteiger charge is -2.33. The molecule has 3 rings (SSSR count). The molecule has 0 amide bonds. The first kappa shape index (κ1) is 25.3. The molecule has 0 bridgehead atoms. The Bertz CT molecular complexity index is 852. The van der Waals surface area contributed by atoms with Gasteiger partial charge in [-0.2, -0.15) is 0 Å². The molecule has 4 atom stereocenters. The Morgan fingerprint density at radius 1 is 1.03 bits per heavy atom. The summed E-state index contributed by atoms with van der Waals surface area (Å²) < 4.78 is 5.77. The second-order valence-electron chi connectivity index (χ2n) is 6.95. The minimum absolute atomic E-state index is 0. The number of rotatable bonds is 5. The number of aliphatic hydroxyl groups is 3. The van der Waals surface area contributed by atoms with E-state index in [9.17, 15) is 14.7 Å². The summed E-state index contributed by atoms with van der Waals surface area (Å²) in [7, 11) is 0. The van der Waals surface area contributed by atoms with Crippen LogP contribution < -0.4 is 10.1 Å². The molecule has 2 aromatic rings. The molecule has 30 heavy (non-hydrogen) atoms. The fourth-order valence-electron chi connectivity index (χ4n) is 2.97. The standard InChI is InChI=1S/C16H19NO2.C4H6O6.H2O/c1-10(2)17-15-13-8-7-11-5-3-4-6-12(11)16(13)19-9-14(15)18;5-1(3(7)8)2(6)4(9)10;/h3-8,10,14-15,17-18H,9H2,1-2H3;1-2,5-6H,(H,7,8)(H,9,10);1H2/t14-,15-;;/m0../s1. The fourth-order valence-corrected chi connectivity index (χ4v) is 2.97. The number of carboxylic acid groups (broad SMARTS) is 2. The van der Waals surface area contributed by atoms with Crippen molar-refractivity contribution < 1.29 is 45.3 Å². The zero-order valence-electron chi connectivity index (χ0n) is 16.5. The van der Waals surface area contributed by atoms with Crippen molar-refractivity contribution in [1.29, 1.82) is 0 Å². The highest BCUT2D eigenvalue weighted by molar-refractivity contribution is 5.90. The summed E-state index contributed by atoms with van der Waals surface area (Å²) in [5.74, 6) is -2.63. The van der Waals surface area contributed by atoms with Crippen molar-refractivity contribution in [2.45, 2.75) is 44.2 Å². The maximum Gasteiger partial charge on any atom is 0.335 e. The topological polar surface area (TPSA) is 188 Å². The van der Waals surface area contributed by atoms with Crippen LogP contribution in [0.3, 0.4) is 0 Å². The minimum Gasteiger partial charge on any atom is -0.490 e. The molecule has 1 aliphatic rings. The highest BCUT2D eigenvalue weighted by Crippen LogP contribution is 2.38. The number of fused-ring (bicyclic) bond motifs is 3. The van der Waals surface area contributed by atoms with E-state index in [1.165, 1.54) is 5.39 Å². The Kier molecular flexibility index (Phi) is 9.15. The summed E-state index contributed by atoms with van der Waals surface area (Å²) in [6, 6.07) is 12.6. The molecule has 2 unspecified atom stereocenters. The number of aliphatic hydroxyl groups excluding tert-OH is 3. The van der Waals surface area contributed by atoms with Gasteiger partial charge in [0.15, 0.2) is 12.2 Å². The molecule has 8 N–H and O–H groups in total. The molecule has 0 radical (unpaired) electrons. The zero-order valence-corrected chi connectivity index (χ0v) is 16.5. The van der Waals surface area contributed by atoms with E-state index >= 15 is 0 Å². The number of hydrogen-bond acceptors (Lipinski definition) is 7. The molecule has 0 saturated heterocycles. The van der Waals surface area contributed by atoms with Crippen LogP contribution in [-0.2, 0) is 9.59 Å². The average molecular weight is 425 g/mol. The number of carboxylic acids is 2. The lowest BCUT2D eigenvalue weighted by molar-refractivity contribution is -0.165. The van der Waals surface area contributed by atoms with Crippen molar-refractivity contribution in [1.82, 2.24) is 5.32 Å². The molecular weight excluding hydrogens is 398 g/mol. The number of ether oxygens (including phenoxy) is 1. The lowest BCUT2D eigenvalue weighted by Crippen LogP contribution is -2.42. The second kappa shape index (κ2) is 10.9. The first-order chi connectivity index (χ1) is 13.6. The summed E-state index contributed by atoms with van der Waals surface area (Å²) >= 11 is 0. The Morgan fingerprint density at radius 3 is 2.13 bits per heavy atom. The Morgan fingerprint density at radius 2 is 1.60 bits per heavy atom. The number of aliphatic carboxylic acids is 2. The van der Waals surface area contributed by atoms with Crippen LogP contribution in [0.25, 0.3) is 10.8 Å². The van der Waals surface area contributed by atoms with Gasteiger partial charge in [-0.3, -0.25) is 0 Å². The monoisotopic (exact) mass is 425 g/mol. The molecule has 0 saturated carbocycles. The van der Waals surface area contributed by atoms with Gasteiger partial charge in [0.25, 0.3) is 0 Å². The predicted octanol–water partition coefficient (Wildman–Crippen LogP) is -0.315. The van der Waals surface area contributed by atoms with Gasteiger partial charge in [0.1, 0.15) is 18.5 Å². The summed E-state index contributed by atoms with van der Waals surface area (Å²) in [6.45, 7) is 4.51. The zero-order chi connectivity index (χ0) is 21.7. The number of nitrogens with one attached hydrogen (secondary N) is 1. The van der Waals surface area contributed by atoms with Crippen LogP contribution in [0.2, 0.25) is 0 Å². The highest BCUT2D eigenvalue weighted by atomic mass is 16.5.